The number of aromatic nitrogens is 3. The summed E-state index contributed by atoms with van der Waals surface area (Å²) in [6.45, 7) is 2.93. The third-order valence-corrected chi connectivity index (χ3v) is 3.25. The predicted molar refractivity (Wildman–Crippen MR) is 81.9 cm³/mol. The highest BCUT2D eigenvalue weighted by Crippen LogP contribution is 2.12. The summed E-state index contributed by atoms with van der Waals surface area (Å²) in [5.74, 6) is 1.05. The number of nitrogens with zero attached hydrogens (tertiary/aromatic N) is 2. The minimum Gasteiger partial charge on any atom is -0.385 e. The molecule has 0 atom stereocenters. The first-order valence-corrected chi connectivity index (χ1v) is 6.91. The number of aromatic amines is 1. The molecule has 3 rings (SSSR count). The molecule has 3 aromatic rings. The van der Waals surface area contributed by atoms with Crippen LogP contribution in [0, 0.1) is 6.92 Å². The highest BCUT2D eigenvalue weighted by Gasteiger charge is 2.01. The first-order valence-electron chi connectivity index (χ1n) is 6.91. The van der Waals surface area contributed by atoms with E-state index < -0.39 is 0 Å². The maximum absolute atomic E-state index is 4.58. The van der Waals surface area contributed by atoms with Gasteiger partial charge in [0.25, 0.3) is 0 Å². The lowest BCUT2D eigenvalue weighted by Crippen LogP contribution is -2.04. The maximum atomic E-state index is 4.58. The zero-order valence-electron chi connectivity index (χ0n) is 11.6. The molecule has 2 N–H and O–H groups in total. The van der Waals surface area contributed by atoms with Crippen LogP contribution in [0.4, 0.5) is 5.69 Å². The van der Waals surface area contributed by atoms with Gasteiger partial charge in [0.2, 0.25) is 0 Å². The Morgan fingerprint density at radius 2 is 2.10 bits per heavy atom. The normalized spacial score (nSPS) is 10.8. The van der Waals surface area contributed by atoms with Crippen molar-refractivity contribution < 1.29 is 0 Å². The smallest absolute Gasteiger partial charge is 0.107 e. The van der Waals surface area contributed by atoms with Crippen LogP contribution in [0.15, 0.2) is 42.6 Å². The summed E-state index contributed by atoms with van der Waals surface area (Å²) >= 11 is 0. The standard InChI is InChI=1S/C16H18N4/c1-12-11-13(8-10-17-12)18-9-4-7-16-19-14-5-2-3-6-15(14)20-16/h2-3,5-6,8,10-11H,4,7,9H2,1H3,(H,17,18)(H,19,20). The van der Waals surface area contributed by atoms with Gasteiger partial charge in [-0.25, -0.2) is 4.98 Å². The van der Waals surface area contributed by atoms with Crippen LogP contribution < -0.4 is 5.32 Å². The van der Waals surface area contributed by atoms with Crippen LogP contribution in [0.2, 0.25) is 0 Å². The Morgan fingerprint density at radius 3 is 2.95 bits per heavy atom. The largest absolute Gasteiger partial charge is 0.385 e. The predicted octanol–water partition coefficient (Wildman–Crippen LogP) is 3.31. The van der Waals surface area contributed by atoms with E-state index in [0.717, 1.165) is 47.6 Å². The van der Waals surface area contributed by atoms with E-state index in [2.05, 4.69) is 32.4 Å². The number of fused-ring (bicyclic) bond motifs is 1. The molecule has 4 heteroatoms. The second kappa shape index (κ2) is 5.74. The summed E-state index contributed by atoms with van der Waals surface area (Å²) in [7, 11) is 0. The first kappa shape index (κ1) is 12.7. The number of H-pyrrole nitrogens is 1. The molecule has 0 aliphatic heterocycles. The van der Waals surface area contributed by atoms with E-state index in [4.69, 9.17) is 0 Å². The monoisotopic (exact) mass is 266 g/mol. The lowest BCUT2D eigenvalue weighted by atomic mass is 10.3. The fourth-order valence-electron chi connectivity index (χ4n) is 2.27. The molecule has 0 aliphatic carbocycles. The molecular formula is C16H18N4. The van der Waals surface area contributed by atoms with Crippen molar-refractivity contribution in [2.24, 2.45) is 0 Å². The molecule has 0 fully saturated rings. The highest BCUT2D eigenvalue weighted by molar-refractivity contribution is 5.74. The van der Waals surface area contributed by atoms with Crippen molar-refractivity contribution in [1.29, 1.82) is 0 Å². The zero-order chi connectivity index (χ0) is 13.8. The summed E-state index contributed by atoms with van der Waals surface area (Å²) in [5.41, 5.74) is 4.31. The number of nitrogens with one attached hydrogen (secondary N) is 2. The SMILES string of the molecule is Cc1cc(NCCCc2nc3ccccc3[nH]2)ccn1. The second-order valence-electron chi connectivity index (χ2n) is 4.92. The molecule has 0 aliphatic rings. The van der Waals surface area contributed by atoms with Gasteiger partial charge in [-0.15, -0.1) is 0 Å². The van der Waals surface area contributed by atoms with Crippen LogP contribution in [0.5, 0.6) is 0 Å². The number of anilines is 1. The van der Waals surface area contributed by atoms with Gasteiger partial charge in [-0.3, -0.25) is 4.98 Å². The van der Waals surface area contributed by atoms with Gasteiger partial charge in [-0.05, 0) is 37.6 Å². The highest BCUT2D eigenvalue weighted by atomic mass is 14.9. The van der Waals surface area contributed by atoms with Gasteiger partial charge in [0.05, 0.1) is 11.0 Å². The third-order valence-electron chi connectivity index (χ3n) is 3.25. The van der Waals surface area contributed by atoms with Crippen molar-refractivity contribution in [3.63, 3.8) is 0 Å². The van der Waals surface area contributed by atoms with E-state index in [1.807, 2.05) is 37.4 Å². The Labute approximate surface area is 118 Å². The number of hydrogen-bond acceptors (Lipinski definition) is 3. The van der Waals surface area contributed by atoms with E-state index in [0.29, 0.717) is 0 Å². The van der Waals surface area contributed by atoms with Crippen LogP contribution in [0.25, 0.3) is 11.0 Å². The Morgan fingerprint density at radius 1 is 1.20 bits per heavy atom. The van der Waals surface area contributed by atoms with E-state index in [-0.39, 0.29) is 0 Å². The number of imidazole rings is 1. The number of hydrogen-bond donors (Lipinski definition) is 2. The summed E-state index contributed by atoms with van der Waals surface area (Å²) in [5, 5.41) is 3.41. The number of benzene rings is 1. The quantitative estimate of drug-likeness (QED) is 0.697. The Bertz CT molecular complexity index is 669. The molecule has 20 heavy (non-hydrogen) atoms. The van der Waals surface area contributed by atoms with Gasteiger partial charge in [0, 0.05) is 30.5 Å². The Hall–Kier alpha value is -2.36. The third kappa shape index (κ3) is 2.96. The van der Waals surface area contributed by atoms with Gasteiger partial charge < -0.3 is 10.3 Å². The van der Waals surface area contributed by atoms with Crippen molar-refractivity contribution >= 4 is 16.7 Å². The van der Waals surface area contributed by atoms with Crippen LogP contribution in [-0.4, -0.2) is 21.5 Å². The van der Waals surface area contributed by atoms with Crippen molar-refractivity contribution in [3.05, 3.63) is 54.1 Å². The Kier molecular flexibility index (Phi) is 3.63. The number of para-hydroxylation sites is 2. The number of pyridine rings is 1. The van der Waals surface area contributed by atoms with Gasteiger partial charge in [0.15, 0.2) is 0 Å². The lowest BCUT2D eigenvalue weighted by Gasteiger charge is -2.05. The summed E-state index contributed by atoms with van der Waals surface area (Å²) in [6.07, 6.45) is 3.82. The topological polar surface area (TPSA) is 53.6 Å². The summed E-state index contributed by atoms with van der Waals surface area (Å²) < 4.78 is 0. The molecule has 1 aromatic carbocycles. The molecule has 2 heterocycles. The molecule has 0 saturated heterocycles. The minimum atomic E-state index is 0.931. The van der Waals surface area contributed by atoms with Gasteiger partial charge in [0.1, 0.15) is 5.82 Å². The zero-order valence-corrected chi connectivity index (χ0v) is 11.6. The average molecular weight is 266 g/mol. The van der Waals surface area contributed by atoms with E-state index >= 15 is 0 Å². The Balaban J connectivity index is 1.52. The fourth-order valence-corrected chi connectivity index (χ4v) is 2.27. The molecule has 2 aromatic heterocycles. The minimum absolute atomic E-state index is 0.931. The molecule has 0 bridgehead atoms. The van der Waals surface area contributed by atoms with Crippen molar-refractivity contribution in [1.82, 2.24) is 15.0 Å². The average Bonchev–Trinajstić information content (AvgIpc) is 2.86. The lowest BCUT2D eigenvalue weighted by molar-refractivity contribution is 0.819. The van der Waals surface area contributed by atoms with Gasteiger partial charge >= 0.3 is 0 Å². The van der Waals surface area contributed by atoms with Gasteiger partial charge in [-0.2, -0.15) is 0 Å². The first-order chi connectivity index (χ1) is 9.81. The molecule has 0 radical (unpaired) electrons. The molecular weight excluding hydrogens is 248 g/mol. The number of rotatable bonds is 5. The molecule has 4 nitrogen and oxygen atoms in total. The van der Waals surface area contributed by atoms with Crippen LogP contribution in [0.1, 0.15) is 17.9 Å². The van der Waals surface area contributed by atoms with Crippen LogP contribution in [0.3, 0.4) is 0 Å². The molecule has 0 amide bonds. The van der Waals surface area contributed by atoms with Crippen molar-refractivity contribution in [2.45, 2.75) is 19.8 Å². The maximum Gasteiger partial charge on any atom is 0.107 e. The molecule has 0 unspecified atom stereocenters. The molecule has 0 spiro atoms. The van der Waals surface area contributed by atoms with Crippen molar-refractivity contribution in [2.75, 3.05) is 11.9 Å². The van der Waals surface area contributed by atoms with Crippen molar-refractivity contribution in [3.8, 4) is 0 Å². The summed E-state index contributed by atoms with van der Waals surface area (Å²) in [4.78, 5) is 12.1. The molecule has 0 saturated carbocycles. The van der Waals surface area contributed by atoms with E-state index in [1.165, 1.54) is 0 Å². The second-order valence-corrected chi connectivity index (χ2v) is 4.92. The van der Waals surface area contributed by atoms with Gasteiger partial charge in [-0.1, -0.05) is 12.1 Å². The van der Waals surface area contributed by atoms with Crippen LogP contribution in [-0.2, 0) is 6.42 Å². The van der Waals surface area contributed by atoms with E-state index in [1.54, 1.807) is 0 Å². The van der Waals surface area contributed by atoms with E-state index in [9.17, 15) is 0 Å². The molecule has 102 valence electrons. The van der Waals surface area contributed by atoms with Crippen LogP contribution >= 0.6 is 0 Å². The fraction of sp³-hybridized carbons (Fsp3) is 0.250. The summed E-state index contributed by atoms with van der Waals surface area (Å²) in [6, 6.07) is 12.2. The number of aryl methyl sites for hydroxylation is 2.